The number of rotatable bonds is 7. The zero-order valence-corrected chi connectivity index (χ0v) is 20.6. The predicted molar refractivity (Wildman–Crippen MR) is 128 cm³/mol. The third-order valence-corrected chi connectivity index (χ3v) is 6.14. The molecule has 0 atom stereocenters. The summed E-state index contributed by atoms with van der Waals surface area (Å²) in [4.78, 5) is 23.1. The van der Waals surface area contributed by atoms with Crippen LogP contribution < -0.4 is 9.64 Å². The molecular weight excluding hydrogens is 532 g/mol. The van der Waals surface area contributed by atoms with Crippen molar-refractivity contribution in [1.82, 2.24) is 9.97 Å². The zero-order valence-electron chi connectivity index (χ0n) is 20.6. The lowest BCUT2D eigenvalue weighted by atomic mass is 9.97. The summed E-state index contributed by atoms with van der Waals surface area (Å²) in [5.41, 5.74) is -3.15. The number of alkyl halides is 6. The van der Waals surface area contributed by atoms with Gasteiger partial charge in [-0.3, -0.25) is 0 Å². The fraction of sp³-hybridized carbons (Fsp3) is 0.346. The summed E-state index contributed by atoms with van der Waals surface area (Å²) in [6.45, 7) is 1.54. The highest BCUT2D eigenvalue weighted by molar-refractivity contribution is 5.97. The van der Waals surface area contributed by atoms with Gasteiger partial charge in [0.2, 0.25) is 5.95 Å². The van der Waals surface area contributed by atoms with Crippen molar-refractivity contribution in [3.8, 4) is 17.0 Å². The quantitative estimate of drug-likeness (QED) is 0.385. The molecule has 0 aliphatic carbocycles. The number of nitrogens with zero attached hydrogens (tertiary/aromatic N) is 3. The Balaban J connectivity index is 1.83. The van der Waals surface area contributed by atoms with Gasteiger partial charge in [-0.2, -0.15) is 26.3 Å². The monoisotopic (exact) mass is 555 g/mol. The van der Waals surface area contributed by atoms with Gasteiger partial charge in [0.05, 0.1) is 42.8 Å². The van der Waals surface area contributed by atoms with Crippen molar-refractivity contribution in [2.24, 2.45) is 0 Å². The lowest BCUT2D eigenvalue weighted by Crippen LogP contribution is -2.37. The molecule has 1 aliphatic rings. The van der Waals surface area contributed by atoms with Crippen LogP contribution in [0.2, 0.25) is 0 Å². The van der Waals surface area contributed by atoms with Gasteiger partial charge in [-0.1, -0.05) is 12.1 Å². The smallest absolute Gasteiger partial charge is 0.416 e. The van der Waals surface area contributed by atoms with Crippen LogP contribution in [0.15, 0.2) is 42.5 Å². The van der Waals surface area contributed by atoms with Gasteiger partial charge in [0, 0.05) is 18.7 Å². The first-order valence-electron chi connectivity index (χ1n) is 11.8. The molecule has 4 rings (SSSR count). The highest BCUT2D eigenvalue weighted by atomic mass is 19.4. The Morgan fingerprint density at radius 1 is 0.974 bits per heavy atom. The predicted octanol–water partition coefficient (Wildman–Crippen LogP) is 5.51. The Morgan fingerprint density at radius 2 is 1.59 bits per heavy atom. The minimum Gasteiger partial charge on any atom is -0.496 e. The summed E-state index contributed by atoms with van der Waals surface area (Å²) in [6, 6.07) is 7.84. The minimum atomic E-state index is -5.00. The number of carbonyl (C=O) groups is 1. The van der Waals surface area contributed by atoms with Gasteiger partial charge in [-0.05, 0) is 48.7 Å². The van der Waals surface area contributed by atoms with E-state index >= 15 is 0 Å². The number of aromatic nitrogens is 2. The van der Waals surface area contributed by atoms with Crippen LogP contribution in [0, 0.1) is 0 Å². The van der Waals surface area contributed by atoms with Crippen LogP contribution in [0.25, 0.3) is 11.3 Å². The van der Waals surface area contributed by atoms with Gasteiger partial charge in [0.25, 0.3) is 0 Å². The second kappa shape index (κ2) is 11.1. The Hall–Kier alpha value is -3.87. The molecule has 7 nitrogen and oxygen atoms in total. The molecule has 13 heteroatoms. The van der Waals surface area contributed by atoms with Crippen LogP contribution in [0.4, 0.5) is 32.3 Å². The van der Waals surface area contributed by atoms with Gasteiger partial charge in [0.15, 0.2) is 0 Å². The van der Waals surface area contributed by atoms with E-state index in [0.29, 0.717) is 49.7 Å². The highest BCUT2D eigenvalue weighted by Crippen LogP contribution is 2.37. The number of methoxy groups -OCH3 is 1. The molecule has 0 spiro atoms. The van der Waals surface area contributed by atoms with E-state index in [1.807, 2.05) is 0 Å². The van der Waals surface area contributed by atoms with Crippen molar-refractivity contribution in [1.29, 1.82) is 0 Å². The SMILES string of the molecule is COc1ccccc1-c1nc(N2CCOCC2)nc(CCc2cc(C(F)(F)F)cc(C(F)(F)F)c2)c1C(=O)O. The van der Waals surface area contributed by atoms with E-state index in [0.717, 1.165) is 0 Å². The maximum absolute atomic E-state index is 13.3. The molecule has 39 heavy (non-hydrogen) atoms. The number of carboxylic acids is 1. The van der Waals surface area contributed by atoms with E-state index in [9.17, 15) is 36.2 Å². The Bertz CT molecular complexity index is 1320. The molecule has 1 aliphatic heterocycles. The Morgan fingerprint density at radius 3 is 2.15 bits per heavy atom. The summed E-state index contributed by atoms with van der Waals surface area (Å²) < 4.78 is 90.8. The molecule has 1 fully saturated rings. The molecule has 0 saturated carbocycles. The van der Waals surface area contributed by atoms with Gasteiger partial charge < -0.3 is 19.5 Å². The number of hydrogen-bond acceptors (Lipinski definition) is 6. The maximum Gasteiger partial charge on any atom is 0.416 e. The van der Waals surface area contributed by atoms with E-state index in [2.05, 4.69) is 9.97 Å². The first-order valence-corrected chi connectivity index (χ1v) is 11.8. The molecule has 2 heterocycles. The molecule has 0 radical (unpaired) electrons. The number of anilines is 1. The first kappa shape index (κ1) is 28.1. The second-order valence-electron chi connectivity index (χ2n) is 8.71. The molecule has 0 unspecified atom stereocenters. The van der Waals surface area contributed by atoms with E-state index < -0.39 is 29.4 Å². The molecule has 1 aromatic heterocycles. The Labute approximate surface area is 219 Å². The average molecular weight is 555 g/mol. The molecule has 0 amide bonds. The molecular formula is C26H23F6N3O4. The summed E-state index contributed by atoms with van der Waals surface area (Å²) in [7, 11) is 1.40. The van der Waals surface area contributed by atoms with Crippen molar-refractivity contribution < 1.29 is 45.7 Å². The lowest BCUT2D eigenvalue weighted by Gasteiger charge is -2.28. The lowest BCUT2D eigenvalue weighted by molar-refractivity contribution is -0.143. The normalized spacial score (nSPS) is 14.4. The minimum absolute atomic E-state index is 0.0199. The number of aryl methyl sites for hydroxylation is 2. The fourth-order valence-corrected chi connectivity index (χ4v) is 4.27. The van der Waals surface area contributed by atoms with E-state index in [1.165, 1.54) is 7.11 Å². The number of morpholine rings is 1. The average Bonchev–Trinajstić information content (AvgIpc) is 2.90. The highest BCUT2D eigenvalue weighted by Gasteiger charge is 2.37. The third kappa shape index (κ3) is 6.41. The van der Waals surface area contributed by atoms with Crippen LogP contribution >= 0.6 is 0 Å². The number of carboxylic acid groups (broad SMARTS) is 1. The maximum atomic E-state index is 13.3. The van der Waals surface area contributed by atoms with Crippen LogP contribution in [0.3, 0.4) is 0 Å². The Kier molecular flexibility index (Phi) is 8.00. The summed E-state index contributed by atoms with van der Waals surface area (Å²) in [5.74, 6) is -0.913. The van der Waals surface area contributed by atoms with Crippen molar-refractivity contribution in [2.75, 3.05) is 38.3 Å². The summed E-state index contributed by atoms with van der Waals surface area (Å²) in [5, 5.41) is 10.1. The number of ether oxygens (including phenoxy) is 2. The van der Waals surface area contributed by atoms with E-state index in [-0.39, 0.29) is 47.4 Å². The van der Waals surface area contributed by atoms with Crippen molar-refractivity contribution >= 4 is 11.9 Å². The zero-order chi connectivity index (χ0) is 28.4. The summed E-state index contributed by atoms with van der Waals surface area (Å²) in [6.07, 6.45) is -10.6. The summed E-state index contributed by atoms with van der Waals surface area (Å²) >= 11 is 0. The van der Waals surface area contributed by atoms with E-state index in [1.54, 1.807) is 29.2 Å². The molecule has 2 aromatic carbocycles. The molecule has 0 bridgehead atoms. The van der Waals surface area contributed by atoms with Crippen LogP contribution in [-0.2, 0) is 29.9 Å². The largest absolute Gasteiger partial charge is 0.496 e. The molecule has 1 saturated heterocycles. The van der Waals surface area contributed by atoms with Gasteiger partial charge in [-0.15, -0.1) is 0 Å². The van der Waals surface area contributed by atoms with Crippen molar-refractivity contribution in [2.45, 2.75) is 25.2 Å². The standard InChI is InChI=1S/C26H23F6N3O4/c1-38-20-5-3-2-4-18(20)22-21(23(36)37)19(33-24(34-22)35-8-10-39-11-9-35)7-6-15-12-16(25(27,28)29)14-17(13-15)26(30,31)32/h2-5,12-14H,6-11H2,1H3,(H,36,37). The molecule has 1 N–H and O–H groups in total. The number of para-hydroxylation sites is 1. The number of benzene rings is 2. The topological polar surface area (TPSA) is 84.8 Å². The van der Waals surface area contributed by atoms with Gasteiger partial charge in [0.1, 0.15) is 11.3 Å². The van der Waals surface area contributed by atoms with Crippen molar-refractivity contribution in [3.63, 3.8) is 0 Å². The molecule has 208 valence electrons. The van der Waals surface area contributed by atoms with Crippen LogP contribution in [0.1, 0.15) is 32.7 Å². The number of halogens is 6. The van der Waals surface area contributed by atoms with Crippen molar-refractivity contribution in [3.05, 3.63) is 70.4 Å². The van der Waals surface area contributed by atoms with Gasteiger partial charge >= 0.3 is 18.3 Å². The molecule has 3 aromatic rings. The van der Waals surface area contributed by atoms with E-state index in [4.69, 9.17) is 9.47 Å². The number of aromatic carboxylic acids is 1. The fourth-order valence-electron chi connectivity index (χ4n) is 4.27. The first-order chi connectivity index (χ1) is 18.4. The van der Waals surface area contributed by atoms with Gasteiger partial charge in [-0.25, -0.2) is 14.8 Å². The van der Waals surface area contributed by atoms with Crippen LogP contribution in [0.5, 0.6) is 5.75 Å². The van der Waals surface area contributed by atoms with Crippen LogP contribution in [-0.4, -0.2) is 54.5 Å². The third-order valence-electron chi connectivity index (χ3n) is 6.14. The number of hydrogen-bond donors (Lipinski definition) is 1. The second-order valence-corrected chi connectivity index (χ2v) is 8.71.